The lowest BCUT2D eigenvalue weighted by Gasteiger charge is -2.37. The van der Waals surface area contributed by atoms with E-state index in [2.05, 4.69) is 27.7 Å². The van der Waals surface area contributed by atoms with Crippen LogP contribution in [0, 0.1) is 11.8 Å². The molecule has 1 heterocycles. The van der Waals surface area contributed by atoms with E-state index in [1.54, 1.807) is 0 Å². The van der Waals surface area contributed by atoms with Gasteiger partial charge in [0.25, 0.3) is 0 Å². The van der Waals surface area contributed by atoms with Gasteiger partial charge in [-0.1, -0.05) is 27.7 Å². The first kappa shape index (κ1) is 13.0. The molecule has 0 N–H and O–H groups in total. The van der Waals surface area contributed by atoms with Crippen LogP contribution in [-0.4, -0.2) is 12.2 Å². The van der Waals surface area contributed by atoms with Crippen molar-refractivity contribution in [1.82, 2.24) is 0 Å². The molecule has 80 valence electrons. The molecule has 0 bridgehead atoms. The molecule has 1 fully saturated rings. The maximum absolute atomic E-state index is 5.65. The molecule has 1 saturated heterocycles. The summed E-state index contributed by atoms with van der Waals surface area (Å²) in [5.41, 5.74) is 0.132. The van der Waals surface area contributed by atoms with Gasteiger partial charge in [-0.15, -0.1) is 0 Å². The highest BCUT2D eigenvalue weighted by atomic mass is 16.5. The number of hydrogen-bond donors (Lipinski definition) is 0. The van der Waals surface area contributed by atoms with Crippen LogP contribution in [-0.2, 0) is 4.74 Å². The SMILES string of the molecule is CC.CC(C)[C@@H]1CCOC(C)(C)C1. The molecule has 0 amide bonds. The van der Waals surface area contributed by atoms with E-state index < -0.39 is 0 Å². The van der Waals surface area contributed by atoms with Crippen molar-refractivity contribution in [1.29, 1.82) is 0 Å². The van der Waals surface area contributed by atoms with Gasteiger partial charge in [0.15, 0.2) is 0 Å². The predicted molar refractivity (Wildman–Crippen MR) is 58.9 cm³/mol. The molecule has 1 heteroatoms. The van der Waals surface area contributed by atoms with E-state index in [-0.39, 0.29) is 5.60 Å². The molecule has 13 heavy (non-hydrogen) atoms. The molecule has 0 aliphatic carbocycles. The lowest BCUT2D eigenvalue weighted by molar-refractivity contribution is -0.0799. The van der Waals surface area contributed by atoms with Gasteiger partial charge in [-0.3, -0.25) is 0 Å². The highest BCUT2D eigenvalue weighted by Crippen LogP contribution is 2.32. The van der Waals surface area contributed by atoms with E-state index in [9.17, 15) is 0 Å². The lowest BCUT2D eigenvalue weighted by Crippen LogP contribution is -2.35. The van der Waals surface area contributed by atoms with Crippen LogP contribution in [0.2, 0.25) is 0 Å². The Bertz CT molecular complexity index is 127. The monoisotopic (exact) mass is 186 g/mol. The van der Waals surface area contributed by atoms with Crippen molar-refractivity contribution in [3.05, 3.63) is 0 Å². The Kier molecular flexibility index (Phi) is 5.62. The Balaban J connectivity index is 0.000000671. The highest BCUT2D eigenvalue weighted by molar-refractivity contribution is 4.79. The second-order valence-corrected chi connectivity index (χ2v) is 4.61. The van der Waals surface area contributed by atoms with Crippen LogP contribution in [0.3, 0.4) is 0 Å². The fourth-order valence-corrected chi connectivity index (χ4v) is 1.85. The Hall–Kier alpha value is -0.0400. The van der Waals surface area contributed by atoms with Crippen LogP contribution in [0.25, 0.3) is 0 Å². The third-order valence-corrected chi connectivity index (χ3v) is 2.68. The average molecular weight is 186 g/mol. The van der Waals surface area contributed by atoms with Gasteiger partial charge in [0.2, 0.25) is 0 Å². The van der Waals surface area contributed by atoms with Crippen LogP contribution in [0.5, 0.6) is 0 Å². The zero-order chi connectivity index (χ0) is 10.5. The summed E-state index contributed by atoms with van der Waals surface area (Å²) in [6.45, 7) is 14.0. The first-order valence-electron chi connectivity index (χ1n) is 5.65. The minimum absolute atomic E-state index is 0.132. The van der Waals surface area contributed by atoms with Crippen molar-refractivity contribution in [2.24, 2.45) is 11.8 Å². The summed E-state index contributed by atoms with van der Waals surface area (Å²) in [4.78, 5) is 0. The Labute approximate surface area is 83.9 Å². The molecule has 0 spiro atoms. The quantitative estimate of drug-likeness (QED) is 0.604. The third kappa shape index (κ3) is 4.66. The van der Waals surface area contributed by atoms with E-state index in [1.807, 2.05) is 13.8 Å². The summed E-state index contributed by atoms with van der Waals surface area (Å²) in [6, 6.07) is 0. The average Bonchev–Trinajstić information content (AvgIpc) is 2.06. The number of hydrogen-bond acceptors (Lipinski definition) is 1. The smallest absolute Gasteiger partial charge is 0.0629 e. The van der Waals surface area contributed by atoms with Gasteiger partial charge < -0.3 is 4.74 Å². The largest absolute Gasteiger partial charge is 0.376 e. The summed E-state index contributed by atoms with van der Waals surface area (Å²) in [7, 11) is 0. The van der Waals surface area contributed by atoms with E-state index in [0.29, 0.717) is 0 Å². The van der Waals surface area contributed by atoms with Crippen LogP contribution < -0.4 is 0 Å². The van der Waals surface area contributed by atoms with E-state index in [0.717, 1.165) is 18.4 Å². The highest BCUT2D eigenvalue weighted by Gasteiger charge is 2.29. The molecule has 0 aromatic carbocycles. The number of ether oxygens (including phenoxy) is 1. The van der Waals surface area contributed by atoms with Crippen LogP contribution in [0.1, 0.15) is 54.4 Å². The van der Waals surface area contributed by atoms with E-state index >= 15 is 0 Å². The normalized spacial score (nSPS) is 26.5. The zero-order valence-corrected chi connectivity index (χ0v) is 10.2. The van der Waals surface area contributed by atoms with Gasteiger partial charge in [-0.2, -0.15) is 0 Å². The van der Waals surface area contributed by atoms with Gasteiger partial charge in [-0.05, 0) is 38.5 Å². The molecule has 1 aliphatic rings. The minimum Gasteiger partial charge on any atom is -0.376 e. The summed E-state index contributed by atoms with van der Waals surface area (Å²) in [5.74, 6) is 1.69. The molecule has 0 radical (unpaired) electrons. The van der Waals surface area contributed by atoms with Crippen LogP contribution >= 0.6 is 0 Å². The van der Waals surface area contributed by atoms with Crippen LogP contribution in [0.15, 0.2) is 0 Å². The Morgan fingerprint density at radius 3 is 2.08 bits per heavy atom. The summed E-state index contributed by atoms with van der Waals surface area (Å²) >= 11 is 0. The predicted octanol–water partition coefficient (Wildman–Crippen LogP) is 3.87. The Morgan fingerprint density at radius 2 is 1.77 bits per heavy atom. The molecule has 1 nitrogen and oxygen atoms in total. The number of rotatable bonds is 1. The van der Waals surface area contributed by atoms with Gasteiger partial charge in [0.1, 0.15) is 0 Å². The minimum atomic E-state index is 0.132. The van der Waals surface area contributed by atoms with Crippen molar-refractivity contribution in [3.8, 4) is 0 Å². The lowest BCUT2D eigenvalue weighted by atomic mass is 9.81. The molecule has 0 aromatic rings. The molecule has 0 aromatic heterocycles. The van der Waals surface area contributed by atoms with Gasteiger partial charge in [0, 0.05) is 6.61 Å². The zero-order valence-electron chi connectivity index (χ0n) is 10.2. The van der Waals surface area contributed by atoms with Crippen molar-refractivity contribution in [2.45, 2.75) is 60.0 Å². The molecular weight excluding hydrogens is 160 g/mol. The first-order valence-corrected chi connectivity index (χ1v) is 5.65. The molecule has 0 unspecified atom stereocenters. The van der Waals surface area contributed by atoms with E-state index in [4.69, 9.17) is 4.74 Å². The van der Waals surface area contributed by atoms with Crippen molar-refractivity contribution in [3.63, 3.8) is 0 Å². The fourth-order valence-electron chi connectivity index (χ4n) is 1.85. The summed E-state index contributed by atoms with van der Waals surface area (Å²) < 4.78 is 5.65. The topological polar surface area (TPSA) is 9.23 Å². The van der Waals surface area contributed by atoms with Gasteiger partial charge >= 0.3 is 0 Å². The molecule has 1 rings (SSSR count). The Morgan fingerprint density at radius 1 is 1.23 bits per heavy atom. The van der Waals surface area contributed by atoms with Gasteiger partial charge in [-0.25, -0.2) is 0 Å². The second-order valence-electron chi connectivity index (χ2n) is 4.61. The summed E-state index contributed by atoms with van der Waals surface area (Å²) in [6.07, 6.45) is 2.48. The molecule has 0 saturated carbocycles. The van der Waals surface area contributed by atoms with Crippen molar-refractivity contribution < 1.29 is 4.74 Å². The van der Waals surface area contributed by atoms with E-state index in [1.165, 1.54) is 12.8 Å². The third-order valence-electron chi connectivity index (χ3n) is 2.68. The van der Waals surface area contributed by atoms with Crippen molar-refractivity contribution in [2.75, 3.05) is 6.61 Å². The standard InChI is InChI=1S/C10H20O.C2H6/c1-8(2)9-5-6-11-10(3,4)7-9;1-2/h8-9H,5-7H2,1-4H3;1-2H3/t9-;/m1./s1. The maximum atomic E-state index is 5.65. The van der Waals surface area contributed by atoms with Crippen molar-refractivity contribution >= 4 is 0 Å². The fraction of sp³-hybridized carbons (Fsp3) is 1.00. The summed E-state index contributed by atoms with van der Waals surface area (Å²) in [5, 5.41) is 0. The molecular formula is C12H26O. The van der Waals surface area contributed by atoms with Crippen LogP contribution in [0.4, 0.5) is 0 Å². The second kappa shape index (κ2) is 5.64. The molecule has 1 aliphatic heterocycles. The first-order chi connectivity index (χ1) is 6.01. The molecule has 1 atom stereocenters. The van der Waals surface area contributed by atoms with Gasteiger partial charge in [0.05, 0.1) is 5.60 Å². The maximum Gasteiger partial charge on any atom is 0.0629 e.